The molecule has 1 saturated heterocycles. The van der Waals surface area contributed by atoms with Crippen molar-refractivity contribution in [2.45, 2.75) is 12.3 Å². The highest BCUT2D eigenvalue weighted by molar-refractivity contribution is 5.80. The topological polar surface area (TPSA) is 103 Å². The Morgan fingerprint density at radius 1 is 1.21 bits per heavy atom. The molecule has 0 unspecified atom stereocenters. The summed E-state index contributed by atoms with van der Waals surface area (Å²) in [7, 11) is 3.15. The minimum Gasteiger partial charge on any atom is -0.493 e. The molecule has 3 aromatic rings. The SMILES string of the molecule is COc1ccc(CC(=O)N2CC(c3nc(-c4cnccn4)no3)C2)cc1OC. The fourth-order valence-electron chi connectivity index (χ4n) is 3.04. The summed E-state index contributed by atoms with van der Waals surface area (Å²) in [5, 5.41) is 3.94. The summed E-state index contributed by atoms with van der Waals surface area (Å²) in [5.74, 6) is 2.23. The first-order chi connectivity index (χ1) is 13.7. The Balaban J connectivity index is 1.35. The number of methoxy groups -OCH3 is 2. The van der Waals surface area contributed by atoms with E-state index >= 15 is 0 Å². The van der Waals surface area contributed by atoms with Crippen LogP contribution in [0.4, 0.5) is 0 Å². The van der Waals surface area contributed by atoms with E-state index in [4.69, 9.17) is 14.0 Å². The first-order valence-corrected chi connectivity index (χ1v) is 8.76. The molecule has 0 atom stereocenters. The van der Waals surface area contributed by atoms with Crippen molar-refractivity contribution in [3.05, 3.63) is 48.2 Å². The van der Waals surface area contributed by atoms with E-state index in [1.54, 1.807) is 43.8 Å². The molecule has 1 fully saturated rings. The molecule has 9 heteroatoms. The predicted molar refractivity (Wildman–Crippen MR) is 97.9 cm³/mol. The molecule has 9 nitrogen and oxygen atoms in total. The van der Waals surface area contributed by atoms with Crippen LogP contribution in [0.15, 0.2) is 41.3 Å². The Bertz CT molecular complexity index is 969. The van der Waals surface area contributed by atoms with Crippen LogP contribution in [0.1, 0.15) is 17.4 Å². The highest BCUT2D eigenvalue weighted by Gasteiger charge is 2.35. The molecule has 2 aromatic heterocycles. The first-order valence-electron chi connectivity index (χ1n) is 8.76. The summed E-state index contributed by atoms with van der Waals surface area (Å²) in [6.45, 7) is 1.10. The summed E-state index contributed by atoms with van der Waals surface area (Å²) in [6, 6.07) is 5.48. The van der Waals surface area contributed by atoms with E-state index in [-0.39, 0.29) is 11.8 Å². The molecule has 1 amide bonds. The average molecular weight is 381 g/mol. The van der Waals surface area contributed by atoms with Gasteiger partial charge in [0.05, 0.1) is 32.8 Å². The number of aromatic nitrogens is 4. The van der Waals surface area contributed by atoms with Gasteiger partial charge in [0.15, 0.2) is 11.5 Å². The monoisotopic (exact) mass is 381 g/mol. The molecule has 0 bridgehead atoms. The maximum absolute atomic E-state index is 12.5. The zero-order valence-electron chi connectivity index (χ0n) is 15.5. The molecule has 0 N–H and O–H groups in total. The van der Waals surface area contributed by atoms with Gasteiger partial charge in [0.25, 0.3) is 0 Å². The molecule has 144 valence electrons. The van der Waals surface area contributed by atoms with Crippen molar-refractivity contribution in [1.82, 2.24) is 25.0 Å². The summed E-state index contributed by atoms with van der Waals surface area (Å²) >= 11 is 0. The third-order valence-electron chi connectivity index (χ3n) is 4.62. The van der Waals surface area contributed by atoms with Gasteiger partial charge in [0.2, 0.25) is 17.6 Å². The molecule has 0 aliphatic carbocycles. The predicted octanol–water partition coefficient (Wildman–Crippen LogP) is 1.71. The van der Waals surface area contributed by atoms with Crippen molar-refractivity contribution >= 4 is 5.91 Å². The largest absolute Gasteiger partial charge is 0.493 e. The summed E-state index contributed by atoms with van der Waals surface area (Å²) in [5.41, 5.74) is 1.42. The van der Waals surface area contributed by atoms with Crippen molar-refractivity contribution < 1.29 is 18.8 Å². The summed E-state index contributed by atoms with van der Waals surface area (Å²) in [6.07, 6.45) is 5.03. The van der Waals surface area contributed by atoms with Gasteiger partial charge in [-0.05, 0) is 17.7 Å². The maximum atomic E-state index is 12.5. The zero-order valence-corrected chi connectivity index (χ0v) is 15.5. The van der Waals surface area contributed by atoms with Crippen molar-refractivity contribution in [2.75, 3.05) is 27.3 Å². The molecular weight excluding hydrogens is 362 g/mol. The van der Waals surface area contributed by atoms with Crippen LogP contribution in [0, 0.1) is 0 Å². The molecule has 28 heavy (non-hydrogen) atoms. The molecule has 0 spiro atoms. The van der Waals surface area contributed by atoms with Crippen LogP contribution in [0.25, 0.3) is 11.5 Å². The summed E-state index contributed by atoms with van der Waals surface area (Å²) in [4.78, 5) is 26.8. The fraction of sp³-hybridized carbons (Fsp3) is 0.316. The molecule has 3 heterocycles. The Morgan fingerprint density at radius 3 is 2.75 bits per heavy atom. The van der Waals surface area contributed by atoms with Crippen molar-refractivity contribution in [3.8, 4) is 23.0 Å². The minimum atomic E-state index is 0.0345. The Labute approximate surface area is 161 Å². The molecule has 4 rings (SSSR count). The maximum Gasteiger partial charge on any atom is 0.233 e. The van der Waals surface area contributed by atoms with Gasteiger partial charge in [-0.1, -0.05) is 11.2 Å². The van der Waals surface area contributed by atoms with E-state index in [9.17, 15) is 4.79 Å². The van der Waals surface area contributed by atoms with Crippen LogP contribution in [0.5, 0.6) is 11.5 Å². The Morgan fingerprint density at radius 2 is 2.04 bits per heavy atom. The van der Waals surface area contributed by atoms with Gasteiger partial charge in [-0.25, -0.2) is 4.98 Å². The highest BCUT2D eigenvalue weighted by Crippen LogP contribution is 2.30. The molecule has 1 aliphatic heterocycles. The standard InChI is InChI=1S/C19H19N5O4/c1-26-15-4-3-12(7-16(15)27-2)8-17(25)24-10-13(11-24)19-22-18(23-28-19)14-9-20-5-6-21-14/h3-7,9,13H,8,10-11H2,1-2H3. The highest BCUT2D eigenvalue weighted by atomic mass is 16.5. The number of carbonyl (C=O) groups is 1. The number of amides is 1. The summed E-state index contributed by atoms with van der Waals surface area (Å²) < 4.78 is 15.8. The second kappa shape index (κ2) is 7.63. The lowest BCUT2D eigenvalue weighted by molar-refractivity contribution is -0.135. The van der Waals surface area contributed by atoms with Crippen LogP contribution >= 0.6 is 0 Å². The van der Waals surface area contributed by atoms with E-state index < -0.39 is 0 Å². The molecule has 1 aromatic carbocycles. The van der Waals surface area contributed by atoms with Crippen LogP contribution in [-0.2, 0) is 11.2 Å². The van der Waals surface area contributed by atoms with Crippen LogP contribution in [-0.4, -0.2) is 58.2 Å². The molecular formula is C19H19N5O4. The fourth-order valence-corrected chi connectivity index (χ4v) is 3.04. The molecule has 0 radical (unpaired) electrons. The van der Waals surface area contributed by atoms with Gasteiger partial charge in [-0.3, -0.25) is 9.78 Å². The van der Waals surface area contributed by atoms with Crippen LogP contribution in [0.3, 0.4) is 0 Å². The third-order valence-corrected chi connectivity index (χ3v) is 4.62. The number of likely N-dealkylation sites (tertiary alicyclic amines) is 1. The smallest absolute Gasteiger partial charge is 0.233 e. The van der Waals surface area contributed by atoms with Crippen molar-refractivity contribution in [1.29, 1.82) is 0 Å². The van der Waals surface area contributed by atoms with Crippen molar-refractivity contribution in [2.24, 2.45) is 0 Å². The number of rotatable bonds is 6. The van der Waals surface area contributed by atoms with E-state index in [0.717, 1.165) is 5.56 Å². The first kappa shape index (κ1) is 17.9. The number of hydrogen-bond acceptors (Lipinski definition) is 8. The van der Waals surface area contributed by atoms with Gasteiger partial charge in [-0.15, -0.1) is 0 Å². The number of hydrogen-bond donors (Lipinski definition) is 0. The molecule has 0 saturated carbocycles. The van der Waals surface area contributed by atoms with Crippen molar-refractivity contribution in [3.63, 3.8) is 0 Å². The van der Waals surface area contributed by atoms with Gasteiger partial charge >= 0.3 is 0 Å². The van der Waals surface area contributed by atoms with Crippen LogP contribution < -0.4 is 9.47 Å². The number of benzene rings is 1. The molecule has 1 aliphatic rings. The second-order valence-corrected chi connectivity index (χ2v) is 6.41. The van der Waals surface area contributed by atoms with E-state index in [0.29, 0.717) is 48.4 Å². The minimum absolute atomic E-state index is 0.0345. The Hall–Kier alpha value is -3.49. The van der Waals surface area contributed by atoms with E-state index in [1.807, 2.05) is 12.1 Å². The van der Waals surface area contributed by atoms with Gasteiger partial charge in [-0.2, -0.15) is 4.98 Å². The zero-order chi connectivity index (χ0) is 19.5. The third kappa shape index (κ3) is 3.51. The Kier molecular flexibility index (Phi) is 4.88. The normalized spacial score (nSPS) is 13.9. The quantitative estimate of drug-likeness (QED) is 0.636. The number of ether oxygens (including phenoxy) is 2. The van der Waals surface area contributed by atoms with Crippen LogP contribution in [0.2, 0.25) is 0 Å². The second-order valence-electron chi connectivity index (χ2n) is 6.41. The lowest BCUT2D eigenvalue weighted by Crippen LogP contribution is -2.49. The van der Waals surface area contributed by atoms with Gasteiger partial charge in [0.1, 0.15) is 5.69 Å². The van der Waals surface area contributed by atoms with E-state index in [1.165, 1.54) is 0 Å². The van der Waals surface area contributed by atoms with E-state index in [2.05, 4.69) is 20.1 Å². The lowest BCUT2D eigenvalue weighted by Gasteiger charge is -2.37. The van der Waals surface area contributed by atoms with Gasteiger partial charge < -0.3 is 18.9 Å². The lowest BCUT2D eigenvalue weighted by atomic mass is 9.98. The average Bonchev–Trinajstić information content (AvgIpc) is 3.17. The number of nitrogens with zero attached hydrogens (tertiary/aromatic N) is 5. The number of carbonyl (C=O) groups excluding carboxylic acids is 1. The van der Waals surface area contributed by atoms with Gasteiger partial charge in [0, 0.05) is 25.5 Å².